The second kappa shape index (κ2) is 5.48. The number of Topliss-reactive ketones (excluding diaryl/α,β-unsaturated/α-hetero) is 1. The average molecular weight is 249 g/mol. The Kier molecular flexibility index (Phi) is 3.97. The van der Waals surface area contributed by atoms with Crippen LogP contribution in [0.4, 0.5) is 0 Å². The lowest BCUT2D eigenvalue weighted by atomic mass is 10.1. The van der Waals surface area contributed by atoms with Gasteiger partial charge in [-0.15, -0.1) is 0 Å². The van der Waals surface area contributed by atoms with Crippen molar-refractivity contribution in [2.75, 3.05) is 13.7 Å². The zero-order valence-corrected chi connectivity index (χ0v) is 11.0. The summed E-state index contributed by atoms with van der Waals surface area (Å²) in [4.78, 5) is 23.8. The maximum absolute atomic E-state index is 12.3. The number of aromatic nitrogens is 1. The molecule has 0 fully saturated rings. The number of methoxy groups -OCH3 is 1. The van der Waals surface area contributed by atoms with Gasteiger partial charge in [0.1, 0.15) is 0 Å². The molecule has 18 heavy (non-hydrogen) atoms. The summed E-state index contributed by atoms with van der Waals surface area (Å²) in [5.41, 5.74) is 2.46. The van der Waals surface area contributed by atoms with E-state index in [0.717, 1.165) is 36.9 Å². The van der Waals surface area contributed by atoms with Crippen molar-refractivity contribution in [1.29, 1.82) is 0 Å². The van der Waals surface area contributed by atoms with E-state index in [9.17, 15) is 9.59 Å². The first-order valence-electron chi connectivity index (χ1n) is 6.40. The minimum absolute atomic E-state index is 0.140. The third-order valence-corrected chi connectivity index (χ3v) is 3.46. The zero-order valence-electron chi connectivity index (χ0n) is 11.0. The summed E-state index contributed by atoms with van der Waals surface area (Å²) in [5.74, 6) is -0.143. The van der Waals surface area contributed by atoms with Gasteiger partial charge >= 0.3 is 0 Å². The van der Waals surface area contributed by atoms with Gasteiger partial charge in [-0.2, -0.15) is 0 Å². The van der Waals surface area contributed by atoms with Gasteiger partial charge in [0.25, 0.3) is 5.56 Å². The highest BCUT2D eigenvalue weighted by Gasteiger charge is 2.20. The molecule has 1 heterocycles. The molecule has 0 bridgehead atoms. The molecule has 0 spiro atoms. The van der Waals surface area contributed by atoms with Crippen LogP contribution in [0.2, 0.25) is 0 Å². The molecule has 0 aliphatic heterocycles. The molecule has 4 nitrogen and oxygen atoms in total. The van der Waals surface area contributed by atoms with E-state index in [4.69, 9.17) is 4.74 Å². The number of rotatable bonds is 5. The number of ether oxygens (including phenoxy) is 1. The quantitative estimate of drug-likeness (QED) is 0.588. The first-order valence-corrected chi connectivity index (χ1v) is 6.40. The lowest BCUT2D eigenvalue weighted by Gasteiger charge is -2.13. The maximum atomic E-state index is 12.3. The van der Waals surface area contributed by atoms with Crippen LogP contribution in [-0.2, 0) is 24.1 Å². The first kappa shape index (κ1) is 13.0. The van der Waals surface area contributed by atoms with Crippen LogP contribution in [0.1, 0.15) is 41.4 Å². The second-order valence-electron chi connectivity index (χ2n) is 4.74. The predicted molar refractivity (Wildman–Crippen MR) is 69.2 cm³/mol. The van der Waals surface area contributed by atoms with Crippen molar-refractivity contribution in [3.8, 4) is 0 Å². The molecular formula is C14H19NO3. The van der Waals surface area contributed by atoms with E-state index in [1.54, 1.807) is 17.7 Å². The Morgan fingerprint density at radius 2 is 2.22 bits per heavy atom. The summed E-state index contributed by atoms with van der Waals surface area (Å²) >= 11 is 0. The molecule has 0 amide bonds. The van der Waals surface area contributed by atoms with Crippen LogP contribution < -0.4 is 5.56 Å². The fraction of sp³-hybridized carbons (Fsp3) is 0.571. The summed E-state index contributed by atoms with van der Waals surface area (Å²) in [5, 5.41) is 0. The highest BCUT2D eigenvalue weighted by atomic mass is 16.5. The fourth-order valence-electron chi connectivity index (χ4n) is 2.57. The van der Waals surface area contributed by atoms with E-state index < -0.39 is 0 Å². The highest BCUT2D eigenvalue weighted by molar-refractivity contribution is 5.93. The molecule has 0 unspecified atom stereocenters. The second-order valence-corrected chi connectivity index (χ2v) is 4.74. The van der Waals surface area contributed by atoms with Crippen molar-refractivity contribution >= 4 is 5.78 Å². The molecular weight excluding hydrogens is 230 g/mol. The zero-order chi connectivity index (χ0) is 13.1. The predicted octanol–water partition coefficient (Wildman–Crippen LogP) is 1.58. The Balaban J connectivity index is 2.42. The van der Waals surface area contributed by atoms with Gasteiger partial charge in [-0.3, -0.25) is 9.59 Å². The van der Waals surface area contributed by atoms with E-state index in [2.05, 4.69) is 0 Å². The Morgan fingerprint density at radius 1 is 1.44 bits per heavy atom. The third-order valence-electron chi connectivity index (χ3n) is 3.46. The normalized spacial score (nSPS) is 13.7. The number of carbonyl (C=O) groups excluding carboxylic acids is 1. The van der Waals surface area contributed by atoms with Crippen molar-refractivity contribution in [3.63, 3.8) is 0 Å². The smallest absolute Gasteiger partial charge is 0.261 e. The Labute approximate surface area is 107 Å². The van der Waals surface area contributed by atoms with Crippen molar-refractivity contribution in [2.45, 2.75) is 39.2 Å². The largest absolute Gasteiger partial charge is 0.385 e. The number of ketones is 1. The summed E-state index contributed by atoms with van der Waals surface area (Å²) in [7, 11) is 1.65. The minimum Gasteiger partial charge on any atom is -0.385 e. The molecule has 1 aliphatic carbocycles. The molecule has 0 saturated carbocycles. The number of hydrogen-bond donors (Lipinski definition) is 0. The van der Waals surface area contributed by atoms with Crippen molar-refractivity contribution < 1.29 is 9.53 Å². The van der Waals surface area contributed by atoms with Crippen LogP contribution >= 0.6 is 0 Å². The van der Waals surface area contributed by atoms with E-state index in [1.165, 1.54) is 6.92 Å². The third kappa shape index (κ3) is 2.38. The number of aryl methyl sites for hydroxylation is 1. The van der Waals surface area contributed by atoms with Gasteiger partial charge in [0, 0.05) is 26.0 Å². The summed E-state index contributed by atoms with van der Waals surface area (Å²) in [6, 6.07) is 1.79. The summed E-state index contributed by atoms with van der Waals surface area (Å²) < 4.78 is 6.79. The molecule has 2 rings (SSSR count). The Bertz CT molecular complexity index is 517. The van der Waals surface area contributed by atoms with E-state index in [1.807, 2.05) is 0 Å². The van der Waals surface area contributed by atoms with E-state index >= 15 is 0 Å². The number of carbonyl (C=O) groups is 1. The molecule has 1 aromatic rings. The molecule has 0 aromatic carbocycles. The minimum atomic E-state index is -0.143. The van der Waals surface area contributed by atoms with Gasteiger partial charge in [0.15, 0.2) is 5.78 Å². The monoisotopic (exact) mass is 249 g/mol. The maximum Gasteiger partial charge on any atom is 0.261 e. The average Bonchev–Trinajstić information content (AvgIpc) is 2.79. The van der Waals surface area contributed by atoms with Crippen molar-refractivity contribution in [1.82, 2.24) is 4.57 Å². The van der Waals surface area contributed by atoms with E-state index in [0.29, 0.717) is 18.7 Å². The van der Waals surface area contributed by atoms with Crippen LogP contribution in [-0.4, -0.2) is 24.1 Å². The highest BCUT2D eigenvalue weighted by Crippen LogP contribution is 2.21. The molecule has 4 heteroatoms. The fourth-order valence-corrected chi connectivity index (χ4v) is 2.57. The summed E-state index contributed by atoms with van der Waals surface area (Å²) in [6.45, 7) is 2.72. The van der Waals surface area contributed by atoms with Crippen LogP contribution in [0.5, 0.6) is 0 Å². The molecule has 0 N–H and O–H groups in total. The standard InChI is InChI=1S/C14H19NO3/c1-10(16)12-9-11-5-3-6-13(11)15(14(12)17)7-4-8-18-2/h9H,3-8H2,1-2H3. The molecule has 98 valence electrons. The number of pyridine rings is 1. The Morgan fingerprint density at radius 3 is 2.89 bits per heavy atom. The molecule has 1 aliphatic rings. The van der Waals surface area contributed by atoms with Crippen molar-refractivity contribution in [3.05, 3.63) is 33.2 Å². The molecule has 0 radical (unpaired) electrons. The van der Waals surface area contributed by atoms with Crippen LogP contribution in [0.3, 0.4) is 0 Å². The summed E-state index contributed by atoms with van der Waals surface area (Å²) in [6.07, 6.45) is 3.78. The van der Waals surface area contributed by atoms with Gasteiger partial charge in [0.05, 0.1) is 5.56 Å². The number of nitrogens with zero attached hydrogens (tertiary/aromatic N) is 1. The van der Waals surface area contributed by atoms with E-state index in [-0.39, 0.29) is 11.3 Å². The van der Waals surface area contributed by atoms with Gasteiger partial charge in [0.2, 0.25) is 0 Å². The molecule has 1 aromatic heterocycles. The number of hydrogen-bond acceptors (Lipinski definition) is 3. The lowest BCUT2D eigenvalue weighted by Crippen LogP contribution is -2.29. The molecule has 0 saturated heterocycles. The van der Waals surface area contributed by atoms with Crippen LogP contribution in [0.15, 0.2) is 10.9 Å². The SMILES string of the molecule is COCCCn1c2c(cc(C(C)=O)c1=O)CCC2. The van der Waals surface area contributed by atoms with Gasteiger partial charge < -0.3 is 9.30 Å². The van der Waals surface area contributed by atoms with Gasteiger partial charge in [-0.05, 0) is 44.2 Å². The molecule has 0 atom stereocenters. The topological polar surface area (TPSA) is 48.3 Å². The Hall–Kier alpha value is -1.42. The van der Waals surface area contributed by atoms with Crippen molar-refractivity contribution in [2.24, 2.45) is 0 Å². The van der Waals surface area contributed by atoms with Gasteiger partial charge in [-0.1, -0.05) is 0 Å². The van der Waals surface area contributed by atoms with Crippen LogP contribution in [0, 0.1) is 0 Å². The van der Waals surface area contributed by atoms with Gasteiger partial charge in [-0.25, -0.2) is 0 Å². The van der Waals surface area contributed by atoms with Crippen LogP contribution in [0.25, 0.3) is 0 Å². The lowest BCUT2D eigenvalue weighted by molar-refractivity contribution is 0.101. The first-order chi connectivity index (χ1) is 8.65. The number of fused-ring (bicyclic) bond motifs is 1.